The van der Waals surface area contributed by atoms with Crippen molar-refractivity contribution in [3.8, 4) is 0 Å². The molecule has 1 unspecified atom stereocenters. The van der Waals surface area contributed by atoms with E-state index in [9.17, 15) is 0 Å². The van der Waals surface area contributed by atoms with Crippen LogP contribution in [0.2, 0.25) is 0 Å². The maximum absolute atomic E-state index is 3.61. The monoisotopic (exact) mass is 197 g/mol. The standard InChI is InChI=1S/C13H27N/c1-5-9-14-10-13(4,11(2)3)12-7-6-8-12/h11-12,14H,5-10H2,1-4H3. The minimum atomic E-state index is 0.535. The number of rotatable bonds is 6. The Hall–Kier alpha value is -0.0400. The van der Waals surface area contributed by atoms with Gasteiger partial charge in [-0.25, -0.2) is 0 Å². The maximum atomic E-state index is 3.61. The SMILES string of the molecule is CCCNCC(C)(C(C)C)C1CCC1. The molecule has 1 atom stereocenters. The van der Waals surface area contributed by atoms with E-state index in [0.29, 0.717) is 5.41 Å². The molecule has 84 valence electrons. The largest absolute Gasteiger partial charge is 0.316 e. The molecule has 0 spiro atoms. The van der Waals surface area contributed by atoms with E-state index in [1.807, 2.05) is 0 Å². The van der Waals surface area contributed by atoms with Crippen molar-refractivity contribution >= 4 is 0 Å². The van der Waals surface area contributed by atoms with E-state index in [1.54, 1.807) is 0 Å². The Morgan fingerprint density at radius 2 is 2.00 bits per heavy atom. The molecule has 0 aromatic carbocycles. The fraction of sp³-hybridized carbons (Fsp3) is 1.00. The molecule has 1 saturated carbocycles. The Labute approximate surface area is 89.7 Å². The summed E-state index contributed by atoms with van der Waals surface area (Å²) in [5.41, 5.74) is 0.535. The van der Waals surface area contributed by atoms with Crippen molar-refractivity contribution in [2.24, 2.45) is 17.3 Å². The van der Waals surface area contributed by atoms with Gasteiger partial charge in [0.1, 0.15) is 0 Å². The van der Waals surface area contributed by atoms with Gasteiger partial charge in [0.25, 0.3) is 0 Å². The van der Waals surface area contributed by atoms with Crippen molar-refractivity contribution < 1.29 is 0 Å². The number of hydrogen-bond acceptors (Lipinski definition) is 1. The lowest BCUT2D eigenvalue weighted by molar-refractivity contribution is 0.0519. The molecule has 1 aliphatic carbocycles. The molecule has 0 aliphatic heterocycles. The summed E-state index contributed by atoms with van der Waals surface area (Å²) in [6.07, 6.45) is 5.63. The van der Waals surface area contributed by atoms with Gasteiger partial charge < -0.3 is 5.32 Å². The zero-order chi connectivity index (χ0) is 10.6. The third kappa shape index (κ3) is 2.50. The minimum absolute atomic E-state index is 0.535. The van der Waals surface area contributed by atoms with E-state index in [1.165, 1.54) is 38.8 Å². The third-order valence-corrected chi connectivity index (χ3v) is 4.29. The van der Waals surface area contributed by atoms with Crippen LogP contribution in [0.1, 0.15) is 53.4 Å². The van der Waals surface area contributed by atoms with Crippen molar-refractivity contribution in [3.63, 3.8) is 0 Å². The summed E-state index contributed by atoms with van der Waals surface area (Å²) in [4.78, 5) is 0. The predicted molar refractivity (Wildman–Crippen MR) is 63.4 cm³/mol. The lowest BCUT2D eigenvalue weighted by Crippen LogP contribution is -2.44. The Morgan fingerprint density at radius 3 is 2.36 bits per heavy atom. The van der Waals surface area contributed by atoms with Gasteiger partial charge in [0.2, 0.25) is 0 Å². The Morgan fingerprint density at radius 1 is 1.36 bits per heavy atom. The van der Waals surface area contributed by atoms with Crippen LogP contribution in [0.3, 0.4) is 0 Å². The second-order valence-corrected chi connectivity index (χ2v) is 5.47. The van der Waals surface area contributed by atoms with Gasteiger partial charge in [0.15, 0.2) is 0 Å². The van der Waals surface area contributed by atoms with Crippen LogP contribution < -0.4 is 5.32 Å². The Kier molecular flexibility index (Phi) is 4.43. The normalized spacial score (nSPS) is 22.1. The van der Waals surface area contributed by atoms with Crippen LogP contribution in [0.4, 0.5) is 0 Å². The van der Waals surface area contributed by atoms with Gasteiger partial charge in [-0.05, 0) is 43.1 Å². The second-order valence-electron chi connectivity index (χ2n) is 5.47. The van der Waals surface area contributed by atoms with E-state index in [2.05, 4.69) is 33.0 Å². The van der Waals surface area contributed by atoms with Crippen LogP contribution in [0.5, 0.6) is 0 Å². The Balaban J connectivity index is 2.43. The first-order valence-electron chi connectivity index (χ1n) is 6.32. The van der Waals surface area contributed by atoms with Gasteiger partial charge in [-0.3, -0.25) is 0 Å². The van der Waals surface area contributed by atoms with Crippen molar-refractivity contribution in [1.82, 2.24) is 5.32 Å². The van der Waals surface area contributed by atoms with Crippen LogP contribution in [0, 0.1) is 17.3 Å². The van der Waals surface area contributed by atoms with Crippen molar-refractivity contribution in [2.45, 2.75) is 53.4 Å². The number of nitrogens with one attached hydrogen (secondary N) is 1. The highest BCUT2D eigenvalue weighted by atomic mass is 14.9. The highest BCUT2D eigenvalue weighted by molar-refractivity contribution is 4.91. The summed E-state index contributed by atoms with van der Waals surface area (Å²) in [5.74, 6) is 1.78. The average Bonchev–Trinajstić information content (AvgIpc) is 2.01. The van der Waals surface area contributed by atoms with Crippen LogP contribution in [-0.4, -0.2) is 13.1 Å². The first kappa shape index (κ1) is 12.0. The first-order chi connectivity index (χ1) is 6.61. The molecule has 1 N–H and O–H groups in total. The van der Waals surface area contributed by atoms with Crippen molar-refractivity contribution in [2.75, 3.05) is 13.1 Å². The highest BCUT2D eigenvalue weighted by Gasteiger charge is 2.39. The first-order valence-corrected chi connectivity index (χ1v) is 6.32. The van der Waals surface area contributed by atoms with E-state index >= 15 is 0 Å². The summed E-state index contributed by atoms with van der Waals surface area (Å²) in [5, 5.41) is 3.61. The average molecular weight is 197 g/mol. The van der Waals surface area contributed by atoms with Crippen LogP contribution in [0.25, 0.3) is 0 Å². The highest BCUT2D eigenvalue weighted by Crippen LogP contribution is 2.46. The Bertz CT molecular complexity index is 161. The molecular formula is C13H27N. The molecule has 0 heterocycles. The van der Waals surface area contributed by atoms with Gasteiger partial charge >= 0.3 is 0 Å². The molecule has 14 heavy (non-hydrogen) atoms. The molecule has 1 fully saturated rings. The zero-order valence-corrected chi connectivity index (χ0v) is 10.4. The number of hydrogen-bond donors (Lipinski definition) is 1. The third-order valence-electron chi connectivity index (χ3n) is 4.29. The summed E-state index contributed by atoms with van der Waals surface area (Å²) >= 11 is 0. The van der Waals surface area contributed by atoms with Gasteiger partial charge in [-0.15, -0.1) is 0 Å². The lowest BCUT2D eigenvalue weighted by atomic mass is 9.61. The van der Waals surface area contributed by atoms with Crippen LogP contribution >= 0.6 is 0 Å². The quantitative estimate of drug-likeness (QED) is 0.643. The van der Waals surface area contributed by atoms with Crippen LogP contribution in [0.15, 0.2) is 0 Å². The van der Waals surface area contributed by atoms with Gasteiger partial charge in [0.05, 0.1) is 0 Å². The molecule has 0 saturated heterocycles. The zero-order valence-electron chi connectivity index (χ0n) is 10.4. The molecule has 0 aromatic heterocycles. The van der Waals surface area contributed by atoms with E-state index in [-0.39, 0.29) is 0 Å². The molecule has 1 aliphatic rings. The van der Waals surface area contributed by atoms with E-state index in [0.717, 1.165) is 11.8 Å². The van der Waals surface area contributed by atoms with Gasteiger partial charge in [-0.2, -0.15) is 0 Å². The second kappa shape index (κ2) is 5.16. The van der Waals surface area contributed by atoms with E-state index in [4.69, 9.17) is 0 Å². The lowest BCUT2D eigenvalue weighted by Gasteiger charge is -2.46. The summed E-state index contributed by atoms with van der Waals surface area (Å²) in [6, 6.07) is 0. The summed E-state index contributed by atoms with van der Waals surface area (Å²) < 4.78 is 0. The fourth-order valence-electron chi connectivity index (χ4n) is 2.42. The summed E-state index contributed by atoms with van der Waals surface area (Å²) in [7, 11) is 0. The minimum Gasteiger partial charge on any atom is -0.316 e. The van der Waals surface area contributed by atoms with Gasteiger partial charge in [0, 0.05) is 6.54 Å². The molecule has 0 radical (unpaired) electrons. The maximum Gasteiger partial charge on any atom is 0.00103 e. The molecule has 1 heteroatoms. The van der Waals surface area contributed by atoms with E-state index < -0.39 is 0 Å². The topological polar surface area (TPSA) is 12.0 Å². The van der Waals surface area contributed by atoms with Crippen molar-refractivity contribution in [3.05, 3.63) is 0 Å². The smallest absolute Gasteiger partial charge is 0.00103 e. The molecule has 0 bridgehead atoms. The van der Waals surface area contributed by atoms with Gasteiger partial charge in [-0.1, -0.05) is 34.1 Å². The molecular weight excluding hydrogens is 170 g/mol. The molecule has 0 amide bonds. The van der Waals surface area contributed by atoms with Crippen molar-refractivity contribution in [1.29, 1.82) is 0 Å². The molecule has 0 aromatic rings. The fourth-order valence-corrected chi connectivity index (χ4v) is 2.42. The molecule has 1 nitrogen and oxygen atoms in total. The predicted octanol–water partition coefficient (Wildman–Crippen LogP) is 3.45. The summed E-state index contributed by atoms with van der Waals surface area (Å²) in [6.45, 7) is 11.9. The van der Waals surface area contributed by atoms with Crippen LogP contribution in [-0.2, 0) is 0 Å². The molecule has 1 rings (SSSR count).